The van der Waals surface area contributed by atoms with Crippen LogP contribution in [0.15, 0.2) is 0 Å². The molecule has 100 valence electrons. The van der Waals surface area contributed by atoms with Gasteiger partial charge in [0.15, 0.2) is 0 Å². The van der Waals surface area contributed by atoms with Crippen LogP contribution >= 0.6 is 0 Å². The first-order chi connectivity index (χ1) is 8.24. The Morgan fingerprint density at radius 2 is 1.76 bits per heavy atom. The van der Waals surface area contributed by atoms with Gasteiger partial charge >= 0.3 is 0 Å². The molecule has 0 aromatic carbocycles. The highest BCUT2D eigenvalue weighted by Crippen LogP contribution is 2.22. The minimum atomic E-state index is -0.0427. The average Bonchev–Trinajstić information content (AvgIpc) is 2.33. The molecule has 17 heavy (non-hydrogen) atoms. The van der Waals surface area contributed by atoms with E-state index in [1.165, 1.54) is 19.3 Å². The van der Waals surface area contributed by atoms with E-state index >= 15 is 0 Å². The molecule has 0 radical (unpaired) electrons. The maximum atomic E-state index is 9.48. The summed E-state index contributed by atoms with van der Waals surface area (Å²) in [6, 6.07) is 1.24. The van der Waals surface area contributed by atoms with E-state index in [-0.39, 0.29) is 6.10 Å². The Hall–Kier alpha value is -0.120. The second-order valence-electron chi connectivity index (χ2n) is 5.86. The van der Waals surface area contributed by atoms with Crippen molar-refractivity contribution < 1.29 is 9.84 Å². The molecule has 2 N–H and O–H groups in total. The molecule has 2 aliphatic rings. The van der Waals surface area contributed by atoms with E-state index in [0.717, 1.165) is 44.8 Å². The Morgan fingerprint density at radius 3 is 2.41 bits per heavy atom. The highest BCUT2D eigenvalue weighted by molar-refractivity contribution is 4.80. The lowest BCUT2D eigenvalue weighted by atomic mass is 9.90. The minimum Gasteiger partial charge on any atom is -0.393 e. The first kappa shape index (κ1) is 13.3. The van der Waals surface area contributed by atoms with Crippen molar-refractivity contribution in [2.45, 2.75) is 70.1 Å². The second-order valence-corrected chi connectivity index (χ2v) is 5.86. The zero-order valence-corrected chi connectivity index (χ0v) is 11.0. The third-order valence-electron chi connectivity index (χ3n) is 4.24. The SMILES string of the molecule is CC(CC1CCOCC1)NC1CCC(O)CC1. The molecular formula is C14H27NO2. The van der Waals surface area contributed by atoms with Gasteiger partial charge in [0, 0.05) is 25.3 Å². The molecule has 1 unspecified atom stereocenters. The van der Waals surface area contributed by atoms with Crippen LogP contribution in [-0.2, 0) is 4.74 Å². The molecule has 1 atom stereocenters. The summed E-state index contributed by atoms with van der Waals surface area (Å²) < 4.78 is 5.39. The van der Waals surface area contributed by atoms with Gasteiger partial charge in [-0.2, -0.15) is 0 Å². The lowest BCUT2D eigenvalue weighted by Gasteiger charge is -2.31. The predicted molar refractivity (Wildman–Crippen MR) is 69.0 cm³/mol. The Morgan fingerprint density at radius 1 is 1.12 bits per heavy atom. The van der Waals surface area contributed by atoms with Crippen LogP contribution in [0.4, 0.5) is 0 Å². The molecule has 0 bridgehead atoms. The zero-order valence-electron chi connectivity index (χ0n) is 11.0. The van der Waals surface area contributed by atoms with E-state index < -0.39 is 0 Å². The van der Waals surface area contributed by atoms with Crippen LogP contribution in [0.3, 0.4) is 0 Å². The normalized spacial score (nSPS) is 33.5. The molecule has 1 heterocycles. The molecule has 0 aromatic rings. The Bertz CT molecular complexity index is 208. The van der Waals surface area contributed by atoms with Crippen molar-refractivity contribution in [3.8, 4) is 0 Å². The third kappa shape index (κ3) is 4.57. The van der Waals surface area contributed by atoms with Crippen LogP contribution in [0.2, 0.25) is 0 Å². The summed E-state index contributed by atoms with van der Waals surface area (Å²) in [5.41, 5.74) is 0. The standard InChI is InChI=1S/C14H27NO2/c1-11(10-12-6-8-17-9-7-12)15-13-2-4-14(16)5-3-13/h11-16H,2-10H2,1H3. The fourth-order valence-corrected chi connectivity index (χ4v) is 3.19. The molecule has 0 spiro atoms. The van der Waals surface area contributed by atoms with Crippen LogP contribution in [0.5, 0.6) is 0 Å². The molecule has 2 fully saturated rings. The summed E-state index contributed by atoms with van der Waals surface area (Å²) in [7, 11) is 0. The van der Waals surface area contributed by atoms with Crippen molar-refractivity contribution in [2.24, 2.45) is 5.92 Å². The number of nitrogens with one attached hydrogen (secondary N) is 1. The average molecular weight is 241 g/mol. The van der Waals surface area contributed by atoms with E-state index in [2.05, 4.69) is 12.2 Å². The van der Waals surface area contributed by atoms with Gasteiger partial charge in [0.25, 0.3) is 0 Å². The molecule has 3 heteroatoms. The van der Waals surface area contributed by atoms with Gasteiger partial charge in [-0.05, 0) is 57.8 Å². The van der Waals surface area contributed by atoms with E-state index in [0.29, 0.717) is 12.1 Å². The second kappa shape index (κ2) is 6.72. The first-order valence-corrected chi connectivity index (χ1v) is 7.26. The number of aliphatic hydroxyl groups excluding tert-OH is 1. The van der Waals surface area contributed by atoms with Crippen LogP contribution < -0.4 is 5.32 Å². The minimum absolute atomic E-state index is 0.0427. The smallest absolute Gasteiger partial charge is 0.0541 e. The maximum absolute atomic E-state index is 9.48. The van der Waals surface area contributed by atoms with E-state index in [4.69, 9.17) is 4.74 Å². The van der Waals surface area contributed by atoms with Gasteiger partial charge in [0.2, 0.25) is 0 Å². The van der Waals surface area contributed by atoms with Crippen molar-refractivity contribution in [3.05, 3.63) is 0 Å². The fraction of sp³-hybridized carbons (Fsp3) is 1.00. The summed E-state index contributed by atoms with van der Waals surface area (Å²) in [6.07, 6.45) is 7.92. The van der Waals surface area contributed by atoms with Crippen LogP contribution in [0.1, 0.15) is 51.9 Å². The van der Waals surface area contributed by atoms with Gasteiger partial charge in [0.05, 0.1) is 6.10 Å². The van der Waals surface area contributed by atoms with Gasteiger partial charge in [-0.1, -0.05) is 0 Å². The molecule has 0 aromatic heterocycles. The third-order valence-corrected chi connectivity index (χ3v) is 4.24. The lowest BCUT2D eigenvalue weighted by Crippen LogP contribution is -2.41. The van der Waals surface area contributed by atoms with Crippen LogP contribution in [-0.4, -0.2) is 36.5 Å². The van der Waals surface area contributed by atoms with Gasteiger partial charge in [-0.15, -0.1) is 0 Å². The van der Waals surface area contributed by atoms with Crippen molar-refractivity contribution >= 4 is 0 Å². The molecule has 0 amide bonds. The van der Waals surface area contributed by atoms with E-state index in [1.807, 2.05) is 0 Å². The number of ether oxygens (including phenoxy) is 1. The highest BCUT2D eigenvalue weighted by atomic mass is 16.5. The molecule has 1 aliphatic carbocycles. The largest absolute Gasteiger partial charge is 0.393 e. The quantitative estimate of drug-likeness (QED) is 0.792. The Balaban J connectivity index is 1.64. The molecule has 1 saturated heterocycles. The van der Waals surface area contributed by atoms with Crippen LogP contribution in [0.25, 0.3) is 0 Å². The zero-order chi connectivity index (χ0) is 12.1. The van der Waals surface area contributed by atoms with Gasteiger partial charge < -0.3 is 15.2 Å². The summed E-state index contributed by atoms with van der Waals surface area (Å²) >= 11 is 0. The number of aliphatic hydroxyl groups is 1. The number of hydrogen-bond acceptors (Lipinski definition) is 3. The number of rotatable bonds is 4. The van der Waals surface area contributed by atoms with Gasteiger partial charge in [-0.3, -0.25) is 0 Å². The summed E-state index contributed by atoms with van der Waals surface area (Å²) in [4.78, 5) is 0. The van der Waals surface area contributed by atoms with Crippen molar-refractivity contribution in [3.63, 3.8) is 0 Å². The van der Waals surface area contributed by atoms with Crippen molar-refractivity contribution in [1.29, 1.82) is 0 Å². The predicted octanol–water partition coefficient (Wildman–Crippen LogP) is 2.08. The summed E-state index contributed by atoms with van der Waals surface area (Å²) in [6.45, 7) is 4.21. The summed E-state index contributed by atoms with van der Waals surface area (Å²) in [5.74, 6) is 0.848. The van der Waals surface area contributed by atoms with Crippen LogP contribution in [0, 0.1) is 5.92 Å². The number of hydrogen-bond donors (Lipinski definition) is 2. The summed E-state index contributed by atoms with van der Waals surface area (Å²) in [5, 5.41) is 13.2. The maximum Gasteiger partial charge on any atom is 0.0541 e. The fourth-order valence-electron chi connectivity index (χ4n) is 3.19. The van der Waals surface area contributed by atoms with E-state index in [1.54, 1.807) is 0 Å². The Kier molecular flexibility index (Phi) is 5.26. The topological polar surface area (TPSA) is 41.5 Å². The molecule has 2 rings (SSSR count). The molecule has 3 nitrogen and oxygen atoms in total. The van der Waals surface area contributed by atoms with Crippen molar-refractivity contribution in [2.75, 3.05) is 13.2 Å². The monoisotopic (exact) mass is 241 g/mol. The molecule has 1 aliphatic heterocycles. The van der Waals surface area contributed by atoms with E-state index in [9.17, 15) is 5.11 Å². The van der Waals surface area contributed by atoms with Crippen molar-refractivity contribution in [1.82, 2.24) is 5.32 Å². The highest BCUT2D eigenvalue weighted by Gasteiger charge is 2.22. The van der Waals surface area contributed by atoms with Gasteiger partial charge in [0.1, 0.15) is 0 Å². The lowest BCUT2D eigenvalue weighted by molar-refractivity contribution is 0.0596. The Labute approximate surface area is 105 Å². The van der Waals surface area contributed by atoms with Gasteiger partial charge in [-0.25, -0.2) is 0 Å². The molecule has 1 saturated carbocycles. The first-order valence-electron chi connectivity index (χ1n) is 7.26. The molecular weight excluding hydrogens is 214 g/mol.